The number of ether oxygens (including phenoxy) is 1. The molecule has 0 atom stereocenters. The monoisotopic (exact) mass is 256 g/mol. The summed E-state index contributed by atoms with van der Waals surface area (Å²) in [5.74, 6) is 0.767. The lowest BCUT2D eigenvalue weighted by atomic mass is 10.1. The van der Waals surface area contributed by atoms with E-state index in [-0.39, 0.29) is 6.16 Å². The molecule has 0 amide bonds. The van der Waals surface area contributed by atoms with Crippen molar-refractivity contribution in [2.45, 2.75) is 0 Å². The number of rotatable bonds is 6. The molecule has 1 aromatic carbocycles. The highest BCUT2D eigenvalue weighted by atomic mass is 31.2. The van der Waals surface area contributed by atoms with Gasteiger partial charge < -0.3 is 13.8 Å². The van der Waals surface area contributed by atoms with Crippen molar-refractivity contribution in [1.82, 2.24) is 0 Å². The van der Waals surface area contributed by atoms with Crippen molar-refractivity contribution < 1.29 is 18.3 Å². The van der Waals surface area contributed by atoms with E-state index in [4.69, 9.17) is 13.8 Å². The molecule has 0 aromatic heterocycles. The minimum Gasteiger partial charge on any atom is -0.497 e. The molecular weight excluding hydrogens is 239 g/mol. The Morgan fingerprint density at radius 1 is 1.18 bits per heavy atom. The van der Waals surface area contributed by atoms with E-state index in [9.17, 15) is 4.57 Å². The van der Waals surface area contributed by atoms with Crippen molar-refractivity contribution in [3.63, 3.8) is 0 Å². The van der Waals surface area contributed by atoms with Gasteiger partial charge in [0.1, 0.15) is 5.75 Å². The van der Waals surface area contributed by atoms with E-state index in [1.807, 2.05) is 24.3 Å². The maximum Gasteiger partial charge on any atom is 0.334 e. The Bertz CT molecular complexity index is 417. The fraction of sp³-hybridized carbons (Fsp3) is 0.333. The minimum absolute atomic E-state index is 0.173. The summed E-state index contributed by atoms with van der Waals surface area (Å²) in [6.45, 7) is 3.89. The van der Waals surface area contributed by atoms with Crippen molar-refractivity contribution in [2.75, 3.05) is 27.5 Å². The van der Waals surface area contributed by atoms with Gasteiger partial charge in [-0.1, -0.05) is 18.7 Å². The third-order valence-corrected chi connectivity index (χ3v) is 4.32. The van der Waals surface area contributed by atoms with Gasteiger partial charge in [-0.3, -0.25) is 4.57 Å². The summed E-state index contributed by atoms with van der Waals surface area (Å²) in [6, 6.07) is 7.36. The van der Waals surface area contributed by atoms with Crippen LogP contribution in [0.2, 0.25) is 0 Å². The van der Waals surface area contributed by atoms with E-state index in [1.165, 1.54) is 14.2 Å². The highest BCUT2D eigenvalue weighted by Crippen LogP contribution is 2.49. The van der Waals surface area contributed by atoms with Crippen LogP contribution in [-0.2, 0) is 13.6 Å². The second-order valence-electron chi connectivity index (χ2n) is 3.47. The molecule has 0 radical (unpaired) electrons. The van der Waals surface area contributed by atoms with Gasteiger partial charge in [-0.15, -0.1) is 0 Å². The van der Waals surface area contributed by atoms with Crippen LogP contribution in [0.5, 0.6) is 5.75 Å². The molecule has 0 aliphatic rings. The van der Waals surface area contributed by atoms with Crippen LogP contribution in [0.15, 0.2) is 30.8 Å². The van der Waals surface area contributed by atoms with Crippen LogP contribution in [0.1, 0.15) is 5.56 Å². The van der Waals surface area contributed by atoms with Crippen molar-refractivity contribution in [3.8, 4) is 5.75 Å². The van der Waals surface area contributed by atoms with E-state index in [0.717, 1.165) is 11.3 Å². The van der Waals surface area contributed by atoms with Crippen molar-refractivity contribution >= 4 is 13.2 Å². The highest BCUT2D eigenvalue weighted by Gasteiger charge is 2.22. The molecule has 5 heteroatoms. The largest absolute Gasteiger partial charge is 0.497 e. The first kappa shape index (κ1) is 14.0. The van der Waals surface area contributed by atoms with Crippen molar-refractivity contribution in [3.05, 3.63) is 36.4 Å². The van der Waals surface area contributed by atoms with Crippen LogP contribution in [0, 0.1) is 0 Å². The van der Waals surface area contributed by atoms with Gasteiger partial charge in [-0.25, -0.2) is 0 Å². The van der Waals surface area contributed by atoms with Gasteiger partial charge >= 0.3 is 7.60 Å². The molecular formula is C12H17O4P. The van der Waals surface area contributed by atoms with Crippen LogP contribution >= 0.6 is 7.60 Å². The zero-order valence-corrected chi connectivity index (χ0v) is 11.2. The summed E-state index contributed by atoms with van der Waals surface area (Å²) >= 11 is 0. The molecule has 0 aliphatic heterocycles. The standard InChI is InChI=1S/C12H17O4P/c1-10(9-17(13,15-3)16-4)11-5-7-12(14-2)8-6-11/h5-8H,1,9H2,2-4H3. The lowest BCUT2D eigenvalue weighted by Crippen LogP contribution is -1.97. The van der Waals surface area contributed by atoms with E-state index in [0.29, 0.717) is 5.57 Å². The average molecular weight is 256 g/mol. The van der Waals surface area contributed by atoms with Crippen molar-refractivity contribution in [2.24, 2.45) is 0 Å². The minimum atomic E-state index is -3.05. The molecule has 0 N–H and O–H groups in total. The Hall–Kier alpha value is -1.09. The first-order valence-electron chi connectivity index (χ1n) is 5.07. The first-order valence-corrected chi connectivity index (χ1v) is 6.80. The molecule has 0 heterocycles. The Morgan fingerprint density at radius 2 is 1.71 bits per heavy atom. The number of hydrogen-bond acceptors (Lipinski definition) is 4. The van der Waals surface area contributed by atoms with Gasteiger partial charge in [0, 0.05) is 14.2 Å². The third-order valence-electron chi connectivity index (χ3n) is 2.44. The van der Waals surface area contributed by atoms with Crippen LogP contribution in [0.25, 0.3) is 5.57 Å². The maximum absolute atomic E-state index is 11.9. The molecule has 0 fully saturated rings. The van der Waals surface area contributed by atoms with Gasteiger partial charge in [-0.2, -0.15) is 0 Å². The number of allylic oxidation sites excluding steroid dienone is 1. The lowest BCUT2D eigenvalue weighted by Gasteiger charge is -2.15. The Labute approximate surface area is 102 Å². The SMILES string of the molecule is C=C(CP(=O)(OC)OC)c1ccc(OC)cc1. The van der Waals surface area contributed by atoms with Gasteiger partial charge in [0.2, 0.25) is 0 Å². The Balaban J connectivity index is 2.79. The fourth-order valence-corrected chi connectivity index (χ4v) is 2.41. The molecule has 0 bridgehead atoms. The normalized spacial score (nSPS) is 11.2. The van der Waals surface area contributed by atoms with Crippen LogP contribution < -0.4 is 4.74 Å². The second-order valence-corrected chi connectivity index (χ2v) is 5.73. The van der Waals surface area contributed by atoms with E-state index >= 15 is 0 Å². The summed E-state index contributed by atoms with van der Waals surface area (Å²) in [4.78, 5) is 0. The molecule has 0 saturated carbocycles. The van der Waals surface area contributed by atoms with Crippen LogP contribution in [-0.4, -0.2) is 27.5 Å². The lowest BCUT2D eigenvalue weighted by molar-refractivity contribution is 0.279. The fourth-order valence-electron chi connectivity index (χ4n) is 1.36. The molecule has 17 heavy (non-hydrogen) atoms. The first-order chi connectivity index (χ1) is 8.04. The predicted molar refractivity (Wildman–Crippen MR) is 68.5 cm³/mol. The molecule has 0 aliphatic carbocycles. The van der Waals surface area contributed by atoms with E-state index < -0.39 is 7.60 Å². The summed E-state index contributed by atoms with van der Waals surface area (Å²) in [5, 5.41) is 0. The molecule has 0 spiro atoms. The molecule has 1 rings (SSSR count). The molecule has 0 saturated heterocycles. The predicted octanol–water partition coefficient (Wildman–Crippen LogP) is 3.19. The molecule has 1 aromatic rings. The number of methoxy groups -OCH3 is 1. The quantitative estimate of drug-likeness (QED) is 0.733. The second kappa shape index (κ2) is 6.01. The van der Waals surface area contributed by atoms with Gasteiger partial charge in [0.05, 0.1) is 13.3 Å². The van der Waals surface area contributed by atoms with E-state index in [2.05, 4.69) is 6.58 Å². The van der Waals surface area contributed by atoms with Crippen LogP contribution in [0.3, 0.4) is 0 Å². The summed E-state index contributed by atoms with van der Waals surface area (Å²) in [6.07, 6.45) is 0.173. The average Bonchev–Trinajstić information content (AvgIpc) is 2.38. The summed E-state index contributed by atoms with van der Waals surface area (Å²) in [7, 11) is 1.29. The summed E-state index contributed by atoms with van der Waals surface area (Å²) in [5.41, 5.74) is 1.60. The molecule has 0 unspecified atom stereocenters. The number of hydrogen-bond donors (Lipinski definition) is 0. The topological polar surface area (TPSA) is 44.8 Å². The van der Waals surface area contributed by atoms with E-state index in [1.54, 1.807) is 7.11 Å². The smallest absolute Gasteiger partial charge is 0.334 e. The van der Waals surface area contributed by atoms with Gasteiger partial charge in [-0.05, 0) is 23.3 Å². The van der Waals surface area contributed by atoms with Crippen molar-refractivity contribution in [1.29, 1.82) is 0 Å². The zero-order valence-electron chi connectivity index (χ0n) is 10.3. The Kier molecular flexibility index (Phi) is 4.94. The summed E-state index contributed by atoms with van der Waals surface area (Å²) < 4.78 is 26.7. The van der Waals surface area contributed by atoms with Gasteiger partial charge in [0.25, 0.3) is 0 Å². The highest BCUT2D eigenvalue weighted by molar-refractivity contribution is 7.54. The Morgan fingerprint density at radius 3 is 2.12 bits per heavy atom. The molecule has 4 nitrogen and oxygen atoms in total. The zero-order chi connectivity index (χ0) is 12.9. The van der Waals surface area contributed by atoms with Crippen LogP contribution in [0.4, 0.5) is 0 Å². The third kappa shape index (κ3) is 3.70. The molecule has 94 valence electrons. The number of benzene rings is 1. The maximum atomic E-state index is 11.9. The van der Waals surface area contributed by atoms with Gasteiger partial charge in [0.15, 0.2) is 0 Å².